The average Bonchev–Trinajstić information content (AvgIpc) is 2.77. The van der Waals surface area contributed by atoms with E-state index in [0.717, 1.165) is 6.42 Å². The Bertz CT molecular complexity index is 807. The first kappa shape index (κ1) is 28.2. The number of benzene rings is 1. The number of carbonyl (C=O) groups is 4. The topological polar surface area (TPSA) is 197 Å². The molecule has 0 bridgehead atoms. The van der Waals surface area contributed by atoms with E-state index in [-0.39, 0.29) is 17.9 Å². The number of aliphatic carboxylic acids is 1. The fraction of sp³-hybridized carbons (Fsp3) is 0.524. The summed E-state index contributed by atoms with van der Waals surface area (Å²) >= 11 is 3.92. The van der Waals surface area contributed by atoms with Gasteiger partial charge >= 0.3 is 5.97 Å². The number of amides is 3. The highest BCUT2D eigenvalue weighted by Gasteiger charge is 2.28. The van der Waals surface area contributed by atoms with Crippen LogP contribution >= 0.6 is 12.6 Å². The van der Waals surface area contributed by atoms with Crippen LogP contribution in [0.2, 0.25) is 0 Å². The van der Waals surface area contributed by atoms with Crippen LogP contribution in [-0.2, 0) is 25.6 Å². The largest absolute Gasteiger partial charge is 0.508 e. The van der Waals surface area contributed by atoms with Crippen LogP contribution in [-0.4, -0.2) is 70.4 Å². The predicted octanol–water partition coefficient (Wildman–Crippen LogP) is -1.12. The monoisotopic (exact) mass is 483 g/mol. The van der Waals surface area contributed by atoms with E-state index in [9.17, 15) is 29.4 Å². The third kappa shape index (κ3) is 10.1. The van der Waals surface area contributed by atoms with Gasteiger partial charge in [0.1, 0.15) is 23.9 Å². The smallest absolute Gasteiger partial charge is 0.327 e. The molecule has 1 rings (SSSR count). The van der Waals surface area contributed by atoms with Crippen molar-refractivity contribution in [3.8, 4) is 5.75 Å². The number of thiol groups is 1. The molecule has 33 heavy (non-hydrogen) atoms. The van der Waals surface area contributed by atoms with Gasteiger partial charge in [-0.2, -0.15) is 12.6 Å². The van der Waals surface area contributed by atoms with Gasteiger partial charge in [0.15, 0.2) is 0 Å². The molecule has 0 aromatic heterocycles. The average molecular weight is 484 g/mol. The maximum Gasteiger partial charge on any atom is 0.327 e. The van der Waals surface area contributed by atoms with Crippen molar-refractivity contribution in [1.82, 2.24) is 16.0 Å². The molecule has 0 aliphatic heterocycles. The Morgan fingerprint density at radius 1 is 0.970 bits per heavy atom. The minimum Gasteiger partial charge on any atom is -0.508 e. The summed E-state index contributed by atoms with van der Waals surface area (Å²) in [7, 11) is 0. The lowest BCUT2D eigenvalue weighted by Crippen LogP contribution is -2.57. The van der Waals surface area contributed by atoms with E-state index in [2.05, 4.69) is 28.6 Å². The van der Waals surface area contributed by atoms with E-state index in [1.807, 2.05) is 0 Å². The molecule has 4 unspecified atom stereocenters. The zero-order chi connectivity index (χ0) is 25.0. The molecule has 12 heteroatoms. The van der Waals surface area contributed by atoms with Gasteiger partial charge in [-0.3, -0.25) is 14.4 Å². The molecule has 4 atom stereocenters. The van der Waals surface area contributed by atoms with Gasteiger partial charge in [0.2, 0.25) is 17.7 Å². The van der Waals surface area contributed by atoms with E-state index in [0.29, 0.717) is 24.9 Å². The highest BCUT2D eigenvalue weighted by Crippen LogP contribution is 2.12. The lowest BCUT2D eigenvalue weighted by atomic mass is 10.0. The number of hydrogen-bond acceptors (Lipinski definition) is 8. The van der Waals surface area contributed by atoms with Gasteiger partial charge in [0.05, 0.1) is 6.04 Å². The third-order valence-electron chi connectivity index (χ3n) is 4.86. The maximum atomic E-state index is 12.7. The summed E-state index contributed by atoms with van der Waals surface area (Å²) in [5.41, 5.74) is 11.9. The zero-order valence-electron chi connectivity index (χ0n) is 18.5. The van der Waals surface area contributed by atoms with Crippen LogP contribution in [0.5, 0.6) is 5.75 Å². The number of unbranched alkanes of at least 4 members (excludes halogenated alkanes) is 1. The van der Waals surface area contributed by atoms with Gasteiger partial charge in [0, 0.05) is 12.2 Å². The molecule has 1 aromatic rings. The van der Waals surface area contributed by atoms with E-state index >= 15 is 0 Å². The van der Waals surface area contributed by atoms with Crippen LogP contribution in [0.15, 0.2) is 24.3 Å². The maximum absolute atomic E-state index is 12.7. The molecule has 0 aliphatic carbocycles. The highest BCUT2D eigenvalue weighted by molar-refractivity contribution is 7.80. The van der Waals surface area contributed by atoms with Crippen LogP contribution in [0, 0.1) is 0 Å². The fourth-order valence-corrected chi connectivity index (χ4v) is 3.10. The molecule has 0 fully saturated rings. The lowest BCUT2D eigenvalue weighted by molar-refractivity contribution is -0.141. The molecule has 1 aromatic carbocycles. The number of carboxylic acid groups (broad SMARTS) is 1. The number of carbonyl (C=O) groups excluding carboxylic acids is 3. The first-order valence-electron chi connectivity index (χ1n) is 10.6. The van der Waals surface area contributed by atoms with E-state index in [1.165, 1.54) is 19.1 Å². The van der Waals surface area contributed by atoms with Crippen molar-refractivity contribution < 1.29 is 29.4 Å². The number of nitrogens with two attached hydrogens (primary N) is 2. The van der Waals surface area contributed by atoms with Crippen molar-refractivity contribution in [2.75, 3.05) is 12.3 Å². The van der Waals surface area contributed by atoms with Crippen molar-refractivity contribution >= 4 is 36.3 Å². The number of hydrogen-bond donors (Lipinski definition) is 8. The van der Waals surface area contributed by atoms with Crippen LogP contribution in [0.3, 0.4) is 0 Å². The molecule has 0 aliphatic rings. The van der Waals surface area contributed by atoms with Gasteiger partial charge in [-0.1, -0.05) is 18.6 Å². The number of rotatable bonds is 14. The number of phenolic OH excluding ortho intramolecular Hbond substituents is 1. The minimum atomic E-state index is -1.27. The SMILES string of the molecule is CC(NC(=O)C(N)CCCCN)C(=O)NC(Cc1ccc(O)cc1)C(=O)NC(CS)C(=O)O. The Morgan fingerprint density at radius 3 is 2.12 bits per heavy atom. The molecule has 11 nitrogen and oxygen atoms in total. The Balaban J connectivity index is 2.86. The first-order chi connectivity index (χ1) is 15.6. The highest BCUT2D eigenvalue weighted by atomic mass is 32.1. The molecule has 0 heterocycles. The van der Waals surface area contributed by atoms with Crippen molar-refractivity contribution in [2.24, 2.45) is 11.5 Å². The van der Waals surface area contributed by atoms with Gasteiger partial charge < -0.3 is 37.6 Å². The molecule has 0 saturated carbocycles. The second-order valence-electron chi connectivity index (χ2n) is 7.63. The van der Waals surface area contributed by atoms with Crippen LogP contribution in [0.1, 0.15) is 31.7 Å². The standard InChI is InChI=1S/C21H33N5O6S/c1-12(24-19(29)15(23)4-2-3-9-22)18(28)25-16(10-13-5-7-14(27)8-6-13)20(30)26-17(11-33)21(31)32/h5-8,12,15-17,27,33H,2-4,9-11,22-23H2,1H3,(H,24,29)(H,25,28)(H,26,30)(H,31,32). The van der Waals surface area contributed by atoms with E-state index in [1.54, 1.807) is 12.1 Å². The van der Waals surface area contributed by atoms with Crippen LogP contribution in [0.4, 0.5) is 0 Å². The lowest BCUT2D eigenvalue weighted by Gasteiger charge is -2.23. The first-order valence-corrected chi connectivity index (χ1v) is 11.2. The molecule has 184 valence electrons. The summed E-state index contributed by atoms with van der Waals surface area (Å²) in [6.07, 6.45) is 1.85. The van der Waals surface area contributed by atoms with Crippen molar-refractivity contribution in [3.63, 3.8) is 0 Å². The number of nitrogens with one attached hydrogen (secondary N) is 3. The molecule has 0 saturated heterocycles. The van der Waals surface area contributed by atoms with E-state index < -0.39 is 47.9 Å². The second kappa shape index (κ2) is 14.3. The molecular weight excluding hydrogens is 450 g/mol. The van der Waals surface area contributed by atoms with Gasteiger partial charge in [0.25, 0.3) is 0 Å². The molecule has 0 spiro atoms. The Morgan fingerprint density at radius 2 is 1.58 bits per heavy atom. The molecule has 9 N–H and O–H groups in total. The summed E-state index contributed by atoms with van der Waals surface area (Å²) in [5.74, 6) is -3.25. The number of phenols is 1. The Kier molecular flexibility index (Phi) is 12.3. The Hall–Kier alpha value is -2.83. The predicted molar refractivity (Wildman–Crippen MR) is 126 cm³/mol. The quantitative estimate of drug-likeness (QED) is 0.120. The van der Waals surface area contributed by atoms with Gasteiger partial charge in [-0.05, 0) is 44.0 Å². The summed E-state index contributed by atoms with van der Waals surface area (Å²) in [6, 6.07) is 1.82. The normalized spacial score (nSPS) is 14.4. The summed E-state index contributed by atoms with van der Waals surface area (Å²) < 4.78 is 0. The van der Waals surface area contributed by atoms with Crippen molar-refractivity contribution in [2.45, 2.75) is 56.8 Å². The molecule has 3 amide bonds. The minimum absolute atomic E-state index is 0.0238. The Labute approximate surface area is 198 Å². The summed E-state index contributed by atoms with van der Waals surface area (Å²) in [6.45, 7) is 1.94. The summed E-state index contributed by atoms with van der Waals surface area (Å²) in [4.78, 5) is 48.9. The zero-order valence-corrected chi connectivity index (χ0v) is 19.4. The molecular formula is C21H33N5O6S. The van der Waals surface area contributed by atoms with Gasteiger partial charge in [-0.15, -0.1) is 0 Å². The second-order valence-corrected chi connectivity index (χ2v) is 8.00. The fourth-order valence-electron chi connectivity index (χ4n) is 2.86. The van der Waals surface area contributed by atoms with Gasteiger partial charge in [-0.25, -0.2) is 4.79 Å². The van der Waals surface area contributed by atoms with E-state index in [4.69, 9.17) is 11.5 Å². The van der Waals surface area contributed by atoms with Crippen molar-refractivity contribution in [3.05, 3.63) is 29.8 Å². The van der Waals surface area contributed by atoms with Crippen LogP contribution < -0.4 is 27.4 Å². The van der Waals surface area contributed by atoms with Crippen LogP contribution in [0.25, 0.3) is 0 Å². The number of aromatic hydroxyl groups is 1. The number of carboxylic acids is 1. The third-order valence-corrected chi connectivity index (χ3v) is 5.23. The molecule has 0 radical (unpaired) electrons. The van der Waals surface area contributed by atoms with Crippen molar-refractivity contribution in [1.29, 1.82) is 0 Å². The summed E-state index contributed by atoms with van der Waals surface area (Å²) in [5, 5.41) is 26.0.